The molecule has 2 aromatic carbocycles. The highest BCUT2D eigenvalue weighted by atomic mass is 35.5. The highest BCUT2D eigenvalue weighted by molar-refractivity contribution is 7.89. The third kappa shape index (κ3) is 4.85. The largest absolute Gasteiger partial charge is 0.379 e. The number of hydrogen-bond donors (Lipinski definition) is 1. The second-order valence-corrected chi connectivity index (χ2v) is 11.3. The number of morpholine rings is 1. The second kappa shape index (κ2) is 9.86. The van der Waals surface area contributed by atoms with Crippen LogP contribution in [0.2, 0.25) is 5.02 Å². The van der Waals surface area contributed by atoms with Crippen LogP contribution in [-0.2, 0) is 14.8 Å². The molecule has 11 heteroatoms. The van der Waals surface area contributed by atoms with E-state index in [0.29, 0.717) is 46.3 Å². The number of halogens is 1. The van der Waals surface area contributed by atoms with Crippen LogP contribution < -0.4 is 5.32 Å². The monoisotopic (exact) mass is 539 g/mol. The Morgan fingerprint density at radius 1 is 1.05 bits per heavy atom. The average molecular weight is 540 g/mol. The summed E-state index contributed by atoms with van der Waals surface area (Å²) in [6.45, 7) is 6.77. The molecular weight excluding hydrogens is 514 g/mol. The van der Waals surface area contributed by atoms with Crippen molar-refractivity contribution in [3.63, 3.8) is 0 Å². The number of carbonyl (C=O) groups excluding carboxylic acids is 1. The standard InChI is InChI=1S/C26H26ClN5O4S/c1-16-7-8-19(14-22(16)37(34,35)31-9-11-36-12-10-31)23-24(26(33)29-21-6-4-5-20(27)15-21)30-32-18(3)13-17(2)28-25(23)32/h4-8,13-15H,9-12H2,1-3H3,(H,29,33). The zero-order valence-electron chi connectivity index (χ0n) is 20.7. The van der Waals surface area contributed by atoms with Crippen LogP contribution >= 0.6 is 11.6 Å². The summed E-state index contributed by atoms with van der Waals surface area (Å²) < 4.78 is 35.4. The van der Waals surface area contributed by atoms with E-state index in [1.54, 1.807) is 53.9 Å². The summed E-state index contributed by atoms with van der Waals surface area (Å²) in [6.07, 6.45) is 0. The molecule has 0 saturated carbocycles. The number of nitrogens with zero attached hydrogens (tertiary/aromatic N) is 4. The molecule has 0 atom stereocenters. The first kappa shape index (κ1) is 25.3. The lowest BCUT2D eigenvalue weighted by molar-refractivity contribution is 0.0730. The van der Waals surface area contributed by atoms with Gasteiger partial charge in [-0.15, -0.1) is 0 Å². The van der Waals surface area contributed by atoms with Crippen LogP contribution in [0.4, 0.5) is 5.69 Å². The third-order valence-corrected chi connectivity index (χ3v) is 8.53. The fourth-order valence-electron chi connectivity index (χ4n) is 4.46. The van der Waals surface area contributed by atoms with Crippen LogP contribution in [0.3, 0.4) is 0 Å². The lowest BCUT2D eigenvalue weighted by Gasteiger charge is -2.26. The van der Waals surface area contributed by atoms with E-state index in [-0.39, 0.29) is 23.7 Å². The fourth-order valence-corrected chi connectivity index (χ4v) is 6.31. The number of ether oxygens (including phenoxy) is 1. The Morgan fingerprint density at radius 3 is 2.54 bits per heavy atom. The first-order chi connectivity index (χ1) is 17.6. The SMILES string of the molecule is Cc1cc(C)n2nc(C(=O)Nc3cccc(Cl)c3)c(-c3ccc(C)c(S(=O)(=O)N4CCOCC4)c3)c2n1. The molecule has 1 fully saturated rings. The van der Waals surface area contributed by atoms with E-state index in [2.05, 4.69) is 15.4 Å². The molecule has 1 aliphatic rings. The molecule has 5 rings (SSSR count). The topological polar surface area (TPSA) is 106 Å². The molecule has 0 aliphatic carbocycles. The summed E-state index contributed by atoms with van der Waals surface area (Å²) in [5.74, 6) is -0.460. The van der Waals surface area contributed by atoms with E-state index in [9.17, 15) is 13.2 Å². The lowest BCUT2D eigenvalue weighted by atomic mass is 10.0. The predicted molar refractivity (Wildman–Crippen MR) is 142 cm³/mol. The molecule has 0 bridgehead atoms. The van der Waals surface area contributed by atoms with E-state index in [4.69, 9.17) is 16.3 Å². The normalized spacial score (nSPS) is 14.7. The lowest BCUT2D eigenvalue weighted by Crippen LogP contribution is -2.40. The van der Waals surface area contributed by atoms with Crippen molar-refractivity contribution in [3.8, 4) is 11.1 Å². The van der Waals surface area contributed by atoms with Gasteiger partial charge in [-0.05, 0) is 62.2 Å². The fraction of sp³-hybridized carbons (Fsp3) is 0.269. The van der Waals surface area contributed by atoms with Gasteiger partial charge in [0, 0.05) is 35.2 Å². The maximum atomic E-state index is 13.5. The van der Waals surface area contributed by atoms with Crippen LogP contribution in [0.1, 0.15) is 27.4 Å². The predicted octanol–water partition coefficient (Wildman–Crippen LogP) is 4.25. The van der Waals surface area contributed by atoms with Gasteiger partial charge in [0.1, 0.15) is 0 Å². The molecular formula is C26H26ClN5O4S. The number of nitrogens with one attached hydrogen (secondary N) is 1. The Balaban J connectivity index is 1.67. The average Bonchev–Trinajstić information content (AvgIpc) is 3.25. The van der Waals surface area contributed by atoms with E-state index in [1.807, 2.05) is 19.9 Å². The molecule has 192 valence electrons. The molecule has 1 amide bonds. The van der Waals surface area contributed by atoms with Crippen molar-refractivity contribution in [1.82, 2.24) is 18.9 Å². The Kier molecular flexibility index (Phi) is 6.76. The molecule has 4 aromatic rings. The van der Waals surface area contributed by atoms with Gasteiger partial charge in [0.05, 0.1) is 23.7 Å². The third-order valence-electron chi connectivity index (χ3n) is 6.26. The molecule has 37 heavy (non-hydrogen) atoms. The molecule has 9 nitrogen and oxygen atoms in total. The zero-order valence-corrected chi connectivity index (χ0v) is 22.2. The van der Waals surface area contributed by atoms with Crippen molar-refractivity contribution in [2.24, 2.45) is 0 Å². The minimum absolute atomic E-state index is 0.125. The van der Waals surface area contributed by atoms with E-state index >= 15 is 0 Å². The summed E-state index contributed by atoms with van der Waals surface area (Å²) in [4.78, 5) is 18.3. The number of fused-ring (bicyclic) bond motifs is 1. The van der Waals surface area contributed by atoms with E-state index < -0.39 is 15.9 Å². The van der Waals surface area contributed by atoms with Crippen molar-refractivity contribution in [3.05, 3.63) is 76.2 Å². The van der Waals surface area contributed by atoms with Gasteiger partial charge < -0.3 is 10.1 Å². The molecule has 0 unspecified atom stereocenters. The van der Waals surface area contributed by atoms with Crippen LogP contribution in [-0.4, -0.2) is 59.5 Å². The highest BCUT2D eigenvalue weighted by Gasteiger charge is 2.30. The van der Waals surface area contributed by atoms with Gasteiger partial charge in [0.15, 0.2) is 11.3 Å². The van der Waals surface area contributed by atoms with Crippen molar-refractivity contribution in [2.75, 3.05) is 31.6 Å². The number of aromatic nitrogens is 3. The molecule has 0 radical (unpaired) electrons. The summed E-state index contributed by atoms with van der Waals surface area (Å²) in [6, 6.07) is 13.8. The molecule has 2 aromatic heterocycles. The molecule has 1 aliphatic heterocycles. The Hall–Kier alpha value is -3.31. The quantitative estimate of drug-likeness (QED) is 0.406. The van der Waals surface area contributed by atoms with E-state index in [1.165, 1.54) is 4.31 Å². The number of aryl methyl sites for hydroxylation is 3. The Labute approximate surface area is 220 Å². The van der Waals surface area contributed by atoms with Gasteiger partial charge in [0.25, 0.3) is 5.91 Å². The number of amides is 1. The maximum Gasteiger partial charge on any atom is 0.276 e. The van der Waals surface area contributed by atoms with Crippen LogP contribution in [0.25, 0.3) is 16.8 Å². The summed E-state index contributed by atoms with van der Waals surface area (Å²) in [5.41, 5.74) is 4.23. The summed E-state index contributed by atoms with van der Waals surface area (Å²) >= 11 is 6.09. The first-order valence-electron chi connectivity index (χ1n) is 11.8. The zero-order chi connectivity index (χ0) is 26.3. The number of benzene rings is 2. The van der Waals surface area contributed by atoms with Gasteiger partial charge in [-0.3, -0.25) is 4.79 Å². The summed E-state index contributed by atoms with van der Waals surface area (Å²) in [5, 5.41) is 7.91. The maximum absolute atomic E-state index is 13.5. The van der Waals surface area contributed by atoms with Crippen molar-refractivity contribution in [2.45, 2.75) is 25.7 Å². The van der Waals surface area contributed by atoms with Crippen molar-refractivity contribution >= 4 is 38.9 Å². The smallest absolute Gasteiger partial charge is 0.276 e. The van der Waals surface area contributed by atoms with Crippen molar-refractivity contribution in [1.29, 1.82) is 0 Å². The van der Waals surface area contributed by atoms with Crippen LogP contribution in [0.5, 0.6) is 0 Å². The number of rotatable bonds is 5. The number of hydrogen-bond acceptors (Lipinski definition) is 6. The molecule has 1 N–H and O–H groups in total. The second-order valence-electron chi connectivity index (χ2n) is 8.96. The Morgan fingerprint density at radius 2 is 1.81 bits per heavy atom. The van der Waals surface area contributed by atoms with Crippen LogP contribution in [0.15, 0.2) is 53.4 Å². The molecule has 3 heterocycles. The van der Waals surface area contributed by atoms with Crippen LogP contribution in [0, 0.1) is 20.8 Å². The minimum atomic E-state index is -3.77. The minimum Gasteiger partial charge on any atom is -0.379 e. The van der Waals surface area contributed by atoms with Gasteiger partial charge in [-0.25, -0.2) is 17.9 Å². The Bertz CT molecular complexity index is 1630. The van der Waals surface area contributed by atoms with Gasteiger partial charge in [-0.1, -0.05) is 29.8 Å². The number of carbonyl (C=O) groups is 1. The molecule has 0 spiro atoms. The van der Waals surface area contributed by atoms with Gasteiger partial charge in [0.2, 0.25) is 10.0 Å². The molecule has 1 saturated heterocycles. The number of sulfonamides is 1. The number of anilines is 1. The van der Waals surface area contributed by atoms with Gasteiger partial charge in [-0.2, -0.15) is 9.40 Å². The summed E-state index contributed by atoms with van der Waals surface area (Å²) in [7, 11) is -3.77. The highest BCUT2D eigenvalue weighted by Crippen LogP contribution is 2.33. The van der Waals surface area contributed by atoms with Crippen molar-refractivity contribution < 1.29 is 17.9 Å². The van der Waals surface area contributed by atoms with Gasteiger partial charge >= 0.3 is 0 Å². The first-order valence-corrected chi connectivity index (χ1v) is 13.6. The van der Waals surface area contributed by atoms with E-state index in [0.717, 1.165) is 11.4 Å².